The third-order valence-corrected chi connectivity index (χ3v) is 5.01. The van der Waals surface area contributed by atoms with E-state index in [1.807, 2.05) is 6.07 Å². The van der Waals surface area contributed by atoms with Gasteiger partial charge in [-0.2, -0.15) is 0 Å². The van der Waals surface area contributed by atoms with Gasteiger partial charge >= 0.3 is 17.7 Å². The second-order valence-electron chi connectivity index (χ2n) is 9.00. The molecule has 162 valence electrons. The molecule has 1 aromatic heterocycles. The normalized spacial score (nSPS) is 14.9. The summed E-state index contributed by atoms with van der Waals surface area (Å²) in [4.78, 5) is 37.1. The van der Waals surface area contributed by atoms with E-state index in [1.165, 1.54) is 0 Å². The monoisotopic (exact) mass is 415 g/mol. The van der Waals surface area contributed by atoms with Gasteiger partial charge in [-0.1, -0.05) is 13.8 Å². The standard InChI is InChI=1S/C23H29NO6/c1-13(2)19(24-22(27)30-23(3,4)5)21(26)28-14-10-11-16-15-8-6-7-9-17(15)20(25)29-18(16)12-14/h10-13,19H,6-9H2,1-5H3,(H,24,27). The van der Waals surface area contributed by atoms with Gasteiger partial charge in [0.05, 0.1) is 0 Å². The van der Waals surface area contributed by atoms with Gasteiger partial charge in [0.2, 0.25) is 0 Å². The maximum absolute atomic E-state index is 12.7. The number of hydrogen-bond acceptors (Lipinski definition) is 6. The molecule has 3 rings (SSSR count). The number of aryl methyl sites for hydroxylation is 1. The van der Waals surface area contributed by atoms with Crippen molar-refractivity contribution in [2.24, 2.45) is 5.92 Å². The molecule has 1 heterocycles. The highest BCUT2D eigenvalue weighted by Crippen LogP contribution is 2.29. The van der Waals surface area contributed by atoms with Crippen molar-refractivity contribution in [1.29, 1.82) is 0 Å². The van der Waals surface area contributed by atoms with Crippen LogP contribution in [0, 0.1) is 5.92 Å². The Morgan fingerprint density at radius 3 is 2.40 bits per heavy atom. The van der Waals surface area contributed by atoms with E-state index in [1.54, 1.807) is 46.8 Å². The molecular formula is C23H29NO6. The molecule has 1 atom stereocenters. The zero-order chi connectivity index (χ0) is 22.1. The number of esters is 1. The predicted octanol–water partition coefficient (Wildman–Crippen LogP) is 4.13. The Labute approximate surface area is 175 Å². The van der Waals surface area contributed by atoms with E-state index in [0.29, 0.717) is 5.58 Å². The Hall–Kier alpha value is -2.83. The molecule has 0 bridgehead atoms. The van der Waals surface area contributed by atoms with Crippen LogP contribution in [0.3, 0.4) is 0 Å². The molecule has 30 heavy (non-hydrogen) atoms. The first-order valence-corrected chi connectivity index (χ1v) is 10.3. The average molecular weight is 415 g/mol. The number of carbonyl (C=O) groups excluding carboxylic acids is 2. The van der Waals surface area contributed by atoms with Crippen molar-refractivity contribution < 1.29 is 23.5 Å². The molecule has 1 aliphatic rings. The summed E-state index contributed by atoms with van der Waals surface area (Å²) in [6.07, 6.45) is 2.91. The lowest BCUT2D eigenvalue weighted by Crippen LogP contribution is -2.48. The fourth-order valence-electron chi connectivity index (χ4n) is 3.60. The summed E-state index contributed by atoms with van der Waals surface area (Å²) in [6, 6.07) is 4.16. The van der Waals surface area contributed by atoms with Gasteiger partial charge in [-0.15, -0.1) is 0 Å². The summed E-state index contributed by atoms with van der Waals surface area (Å²) in [5, 5.41) is 3.44. The predicted molar refractivity (Wildman–Crippen MR) is 113 cm³/mol. The minimum Gasteiger partial charge on any atom is -0.444 e. The Morgan fingerprint density at radius 1 is 1.10 bits per heavy atom. The summed E-state index contributed by atoms with van der Waals surface area (Å²) in [7, 11) is 0. The van der Waals surface area contributed by atoms with Crippen LogP contribution >= 0.6 is 0 Å². The van der Waals surface area contributed by atoms with Crippen LogP contribution in [-0.2, 0) is 22.4 Å². The molecule has 0 saturated heterocycles. The van der Waals surface area contributed by atoms with Crippen LogP contribution in [0.5, 0.6) is 5.75 Å². The number of carbonyl (C=O) groups is 2. The third-order valence-electron chi connectivity index (χ3n) is 5.01. The number of amides is 1. The van der Waals surface area contributed by atoms with E-state index in [-0.39, 0.29) is 17.3 Å². The molecule has 0 radical (unpaired) electrons. The first-order valence-electron chi connectivity index (χ1n) is 10.3. The molecule has 1 amide bonds. The third kappa shape index (κ3) is 5.01. The smallest absolute Gasteiger partial charge is 0.408 e. The summed E-state index contributed by atoms with van der Waals surface area (Å²) in [5.74, 6) is -0.575. The number of fused-ring (bicyclic) bond motifs is 3. The van der Waals surface area contributed by atoms with Crippen LogP contribution < -0.4 is 15.7 Å². The molecule has 1 aliphatic carbocycles. The molecule has 7 nitrogen and oxygen atoms in total. The van der Waals surface area contributed by atoms with Crippen LogP contribution in [-0.4, -0.2) is 23.7 Å². The van der Waals surface area contributed by atoms with Gasteiger partial charge in [0, 0.05) is 17.0 Å². The van der Waals surface area contributed by atoms with Crippen LogP contribution in [0.4, 0.5) is 4.79 Å². The number of alkyl carbamates (subject to hydrolysis) is 1. The van der Waals surface area contributed by atoms with Crippen molar-refractivity contribution in [3.05, 3.63) is 39.7 Å². The highest BCUT2D eigenvalue weighted by Gasteiger charge is 2.29. The maximum atomic E-state index is 12.7. The van der Waals surface area contributed by atoms with E-state index >= 15 is 0 Å². The topological polar surface area (TPSA) is 94.8 Å². The van der Waals surface area contributed by atoms with Gasteiger partial charge < -0.3 is 19.2 Å². The zero-order valence-electron chi connectivity index (χ0n) is 18.2. The van der Waals surface area contributed by atoms with E-state index < -0.39 is 23.7 Å². The summed E-state index contributed by atoms with van der Waals surface area (Å²) >= 11 is 0. The molecule has 1 N–H and O–H groups in total. The lowest BCUT2D eigenvalue weighted by molar-refractivity contribution is -0.137. The zero-order valence-corrected chi connectivity index (χ0v) is 18.2. The van der Waals surface area contributed by atoms with Gasteiger partial charge in [-0.3, -0.25) is 0 Å². The SMILES string of the molecule is CC(C)C(NC(=O)OC(C)(C)C)C(=O)Oc1ccc2c3c(c(=O)oc2c1)CCCC3. The van der Waals surface area contributed by atoms with Crippen molar-refractivity contribution in [3.8, 4) is 5.75 Å². The minimum atomic E-state index is -0.883. The van der Waals surface area contributed by atoms with Crippen LogP contribution in [0.25, 0.3) is 11.0 Å². The first kappa shape index (κ1) is 21.9. The molecule has 0 spiro atoms. The van der Waals surface area contributed by atoms with Crippen molar-refractivity contribution in [2.75, 3.05) is 0 Å². The highest BCUT2D eigenvalue weighted by atomic mass is 16.6. The molecular weight excluding hydrogens is 386 g/mol. The van der Waals surface area contributed by atoms with Gasteiger partial charge in [-0.05, 0) is 70.1 Å². The van der Waals surface area contributed by atoms with Crippen LogP contribution in [0.2, 0.25) is 0 Å². The second-order valence-corrected chi connectivity index (χ2v) is 9.00. The quantitative estimate of drug-likeness (QED) is 0.458. The largest absolute Gasteiger partial charge is 0.444 e. The maximum Gasteiger partial charge on any atom is 0.408 e. The fraction of sp³-hybridized carbons (Fsp3) is 0.522. The lowest BCUT2D eigenvalue weighted by atomic mass is 9.91. The summed E-state index contributed by atoms with van der Waals surface area (Å²) in [5.41, 5.74) is 1.17. The number of ether oxygens (including phenoxy) is 2. The van der Waals surface area contributed by atoms with E-state index in [0.717, 1.165) is 42.2 Å². The van der Waals surface area contributed by atoms with Gasteiger partial charge in [0.15, 0.2) is 0 Å². The highest BCUT2D eigenvalue weighted by molar-refractivity contribution is 5.86. The van der Waals surface area contributed by atoms with Crippen molar-refractivity contribution in [1.82, 2.24) is 5.32 Å². The average Bonchev–Trinajstić information content (AvgIpc) is 2.64. The molecule has 1 aromatic carbocycles. The second kappa shape index (κ2) is 8.50. The number of rotatable bonds is 4. The van der Waals surface area contributed by atoms with Crippen molar-refractivity contribution >= 4 is 23.0 Å². The Bertz CT molecular complexity index is 1010. The van der Waals surface area contributed by atoms with Crippen molar-refractivity contribution in [2.45, 2.75) is 71.9 Å². The van der Waals surface area contributed by atoms with Gasteiger partial charge in [-0.25, -0.2) is 14.4 Å². The number of benzene rings is 1. The minimum absolute atomic E-state index is 0.213. The number of nitrogens with one attached hydrogen (secondary N) is 1. The van der Waals surface area contributed by atoms with Gasteiger partial charge in [0.1, 0.15) is 23.0 Å². The summed E-state index contributed by atoms with van der Waals surface area (Å²) in [6.45, 7) is 8.84. The Morgan fingerprint density at radius 2 is 1.77 bits per heavy atom. The van der Waals surface area contributed by atoms with E-state index in [9.17, 15) is 14.4 Å². The van der Waals surface area contributed by atoms with Crippen molar-refractivity contribution in [3.63, 3.8) is 0 Å². The fourth-order valence-corrected chi connectivity index (χ4v) is 3.60. The van der Waals surface area contributed by atoms with Crippen LogP contribution in [0.15, 0.2) is 27.4 Å². The number of hydrogen-bond donors (Lipinski definition) is 1. The molecule has 0 saturated carbocycles. The molecule has 1 unspecified atom stereocenters. The lowest BCUT2D eigenvalue weighted by Gasteiger charge is -2.24. The first-order chi connectivity index (χ1) is 14.0. The Kier molecular flexibility index (Phi) is 6.19. The molecule has 0 aliphatic heterocycles. The summed E-state index contributed by atoms with van der Waals surface area (Å²) < 4.78 is 16.2. The van der Waals surface area contributed by atoms with Crippen LogP contribution in [0.1, 0.15) is 58.6 Å². The molecule has 2 aromatic rings. The molecule has 7 heteroatoms. The van der Waals surface area contributed by atoms with E-state index in [4.69, 9.17) is 13.9 Å². The van der Waals surface area contributed by atoms with E-state index in [2.05, 4.69) is 5.32 Å². The Balaban J connectivity index is 1.81. The molecule has 0 fully saturated rings. The van der Waals surface area contributed by atoms with Gasteiger partial charge in [0.25, 0.3) is 0 Å².